The van der Waals surface area contributed by atoms with Crippen LogP contribution >= 0.6 is 0 Å². The number of nitrogens with zero attached hydrogens (tertiary/aromatic N) is 2. The molecule has 1 aliphatic carbocycles. The Morgan fingerprint density at radius 1 is 1.30 bits per heavy atom. The van der Waals surface area contributed by atoms with Crippen LogP contribution in [0.1, 0.15) is 64.2 Å². The predicted octanol–water partition coefficient (Wildman–Crippen LogP) is 3.94. The molecule has 2 fully saturated rings. The van der Waals surface area contributed by atoms with Gasteiger partial charge < -0.3 is 10.2 Å². The van der Waals surface area contributed by atoms with Gasteiger partial charge in [-0.3, -0.25) is 4.79 Å². The van der Waals surface area contributed by atoms with Crippen LogP contribution in [0.5, 0.6) is 0 Å². The molecule has 23 heavy (non-hydrogen) atoms. The van der Waals surface area contributed by atoms with Crippen molar-refractivity contribution in [2.45, 2.75) is 66.0 Å². The molecule has 3 rings (SSSR count). The number of carbonyl (C=O) groups excluding carboxylic acids is 1. The summed E-state index contributed by atoms with van der Waals surface area (Å²) in [6.07, 6.45) is 5.16. The smallest absolute Gasteiger partial charge is 0.255 e. The molecular weight excluding hydrogens is 286 g/mol. The van der Waals surface area contributed by atoms with Crippen LogP contribution in [0, 0.1) is 10.8 Å². The van der Waals surface area contributed by atoms with E-state index in [1.54, 1.807) is 6.20 Å². The van der Waals surface area contributed by atoms with Gasteiger partial charge in [0.05, 0.1) is 5.56 Å². The van der Waals surface area contributed by atoms with Crippen molar-refractivity contribution in [3.8, 4) is 0 Å². The normalized spacial score (nSPS) is 29.0. The third kappa shape index (κ3) is 3.36. The number of aromatic nitrogens is 1. The Bertz CT molecular complexity index is 593. The molecule has 0 spiro atoms. The molecule has 2 unspecified atom stereocenters. The molecule has 1 aromatic heterocycles. The summed E-state index contributed by atoms with van der Waals surface area (Å²) < 4.78 is 0. The van der Waals surface area contributed by atoms with Crippen molar-refractivity contribution in [1.82, 2.24) is 9.88 Å². The number of pyridine rings is 1. The number of rotatable bonds is 3. The van der Waals surface area contributed by atoms with E-state index in [-0.39, 0.29) is 11.3 Å². The van der Waals surface area contributed by atoms with Gasteiger partial charge in [0, 0.05) is 24.8 Å². The van der Waals surface area contributed by atoms with Gasteiger partial charge in [-0.1, -0.05) is 20.8 Å². The van der Waals surface area contributed by atoms with Crippen LogP contribution in [-0.2, 0) is 0 Å². The third-order valence-electron chi connectivity index (χ3n) is 5.12. The van der Waals surface area contributed by atoms with E-state index in [2.05, 4.69) is 49.8 Å². The number of fused-ring (bicyclic) bond motifs is 2. The molecule has 1 N–H and O–H groups in total. The molecule has 4 nitrogen and oxygen atoms in total. The summed E-state index contributed by atoms with van der Waals surface area (Å²) in [6, 6.07) is 4.52. The van der Waals surface area contributed by atoms with Gasteiger partial charge in [0.15, 0.2) is 0 Å². The predicted molar refractivity (Wildman–Crippen MR) is 93.6 cm³/mol. The summed E-state index contributed by atoms with van der Waals surface area (Å²) in [7, 11) is 0. The average molecular weight is 315 g/mol. The van der Waals surface area contributed by atoms with Crippen LogP contribution in [-0.4, -0.2) is 34.4 Å². The van der Waals surface area contributed by atoms with Crippen molar-refractivity contribution in [2.24, 2.45) is 10.8 Å². The van der Waals surface area contributed by atoms with Crippen LogP contribution in [0.3, 0.4) is 0 Å². The van der Waals surface area contributed by atoms with Gasteiger partial charge in [0.1, 0.15) is 5.82 Å². The summed E-state index contributed by atoms with van der Waals surface area (Å²) in [5, 5.41) is 3.26. The largest absolute Gasteiger partial charge is 0.368 e. The first kappa shape index (κ1) is 16.3. The Labute approximate surface area is 139 Å². The maximum absolute atomic E-state index is 12.9. The summed E-state index contributed by atoms with van der Waals surface area (Å²) in [4.78, 5) is 19.4. The zero-order valence-electron chi connectivity index (χ0n) is 15.0. The lowest BCUT2D eigenvalue weighted by atomic mass is 9.65. The SMILES string of the molecule is CC(C)Nc1ccc(C(=O)N2CC3(C)CC2CC(C)(C)C3)cn1. The number of hydrogen-bond donors (Lipinski definition) is 1. The first-order valence-corrected chi connectivity index (χ1v) is 8.71. The van der Waals surface area contributed by atoms with Crippen molar-refractivity contribution in [1.29, 1.82) is 0 Å². The number of likely N-dealkylation sites (tertiary alicyclic amines) is 1. The highest BCUT2D eigenvalue weighted by molar-refractivity contribution is 5.94. The molecule has 0 aromatic carbocycles. The monoisotopic (exact) mass is 315 g/mol. The lowest BCUT2D eigenvalue weighted by Crippen LogP contribution is -2.37. The number of nitrogens with one attached hydrogen (secondary N) is 1. The standard InChI is InChI=1S/C19H29N3O/c1-13(2)21-16-7-6-14(10-20-16)17(23)22-12-19(5)9-15(22)8-18(3,4)11-19/h6-7,10,13,15H,8-9,11-12H2,1-5H3,(H,20,21). The number of carbonyl (C=O) groups is 1. The summed E-state index contributed by atoms with van der Waals surface area (Å²) in [6.45, 7) is 12.0. The fraction of sp³-hybridized carbons (Fsp3) is 0.684. The molecule has 2 atom stereocenters. The Hall–Kier alpha value is -1.58. The first-order chi connectivity index (χ1) is 10.7. The van der Waals surface area contributed by atoms with Crippen molar-refractivity contribution >= 4 is 11.7 Å². The molecule has 1 saturated heterocycles. The fourth-order valence-electron chi connectivity index (χ4n) is 4.76. The highest BCUT2D eigenvalue weighted by Crippen LogP contribution is 2.52. The average Bonchev–Trinajstić information content (AvgIpc) is 2.67. The van der Waals surface area contributed by atoms with Crippen molar-refractivity contribution in [2.75, 3.05) is 11.9 Å². The van der Waals surface area contributed by atoms with E-state index in [0.29, 0.717) is 23.1 Å². The lowest BCUT2D eigenvalue weighted by molar-refractivity contribution is 0.0708. The molecular formula is C19H29N3O. The minimum atomic E-state index is 0.139. The molecule has 0 radical (unpaired) electrons. The highest BCUT2D eigenvalue weighted by atomic mass is 16.2. The van der Waals surface area contributed by atoms with E-state index in [9.17, 15) is 4.79 Å². The van der Waals surface area contributed by atoms with Crippen LogP contribution in [0.2, 0.25) is 0 Å². The summed E-state index contributed by atoms with van der Waals surface area (Å²) in [5.41, 5.74) is 1.30. The lowest BCUT2D eigenvalue weighted by Gasteiger charge is -2.39. The third-order valence-corrected chi connectivity index (χ3v) is 5.12. The van der Waals surface area contributed by atoms with Gasteiger partial charge >= 0.3 is 0 Å². The molecule has 1 aromatic rings. The van der Waals surface area contributed by atoms with Gasteiger partial charge in [-0.2, -0.15) is 0 Å². The van der Waals surface area contributed by atoms with Crippen LogP contribution in [0.4, 0.5) is 5.82 Å². The Balaban J connectivity index is 1.76. The highest BCUT2D eigenvalue weighted by Gasteiger charge is 2.51. The molecule has 1 saturated carbocycles. The molecule has 2 aliphatic rings. The molecule has 1 aliphatic heterocycles. The van der Waals surface area contributed by atoms with Crippen molar-refractivity contribution < 1.29 is 4.79 Å². The molecule has 126 valence electrons. The van der Waals surface area contributed by atoms with E-state index in [1.807, 2.05) is 12.1 Å². The fourth-order valence-corrected chi connectivity index (χ4v) is 4.76. The second-order valence-corrected chi connectivity index (χ2v) is 8.88. The Morgan fingerprint density at radius 3 is 2.65 bits per heavy atom. The summed E-state index contributed by atoms with van der Waals surface area (Å²) >= 11 is 0. The zero-order chi connectivity index (χ0) is 16.8. The van der Waals surface area contributed by atoms with Crippen LogP contribution in [0.25, 0.3) is 0 Å². The first-order valence-electron chi connectivity index (χ1n) is 8.71. The zero-order valence-corrected chi connectivity index (χ0v) is 15.0. The molecule has 2 heterocycles. The molecule has 2 bridgehead atoms. The quantitative estimate of drug-likeness (QED) is 0.919. The maximum atomic E-state index is 12.9. The molecule has 1 amide bonds. The van der Waals surface area contributed by atoms with Crippen molar-refractivity contribution in [3.05, 3.63) is 23.9 Å². The minimum absolute atomic E-state index is 0.139. The molecule has 4 heteroatoms. The maximum Gasteiger partial charge on any atom is 0.255 e. The van der Waals surface area contributed by atoms with E-state index in [1.165, 1.54) is 6.42 Å². The Kier molecular flexibility index (Phi) is 3.89. The van der Waals surface area contributed by atoms with Gasteiger partial charge in [0.25, 0.3) is 5.91 Å². The van der Waals surface area contributed by atoms with Crippen molar-refractivity contribution in [3.63, 3.8) is 0 Å². The minimum Gasteiger partial charge on any atom is -0.368 e. The number of amides is 1. The topological polar surface area (TPSA) is 45.2 Å². The van der Waals surface area contributed by atoms with Crippen LogP contribution in [0.15, 0.2) is 18.3 Å². The van der Waals surface area contributed by atoms with Gasteiger partial charge in [-0.05, 0) is 56.1 Å². The summed E-state index contributed by atoms with van der Waals surface area (Å²) in [5.74, 6) is 0.963. The van der Waals surface area contributed by atoms with Gasteiger partial charge in [0.2, 0.25) is 0 Å². The van der Waals surface area contributed by atoms with Gasteiger partial charge in [-0.15, -0.1) is 0 Å². The van der Waals surface area contributed by atoms with E-state index in [0.717, 1.165) is 25.2 Å². The van der Waals surface area contributed by atoms with E-state index >= 15 is 0 Å². The second kappa shape index (κ2) is 5.50. The Morgan fingerprint density at radius 2 is 2.04 bits per heavy atom. The number of hydrogen-bond acceptors (Lipinski definition) is 3. The van der Waals surface area contributed by atoms with E-state index in [4.69, 9.17) is 0 Å². The second-order valence-electron chi connectivity index (χ2n) is 8.88. The van der Waals surface area contributed by atoms with Crippen LogP contribution < -0.4 is 5.32 Å². The van der Waals surface area contributed by atoms with Gasteiger partial charge in [-0.25, -0.2) is 4.98 Å². The number of anilines is 1. The van der Waals surface area contributed by atoms with E-state index < -0.39 is 0 Å².